The third-order valence-electron chi connectivity index (χ3n) is 2.97. The van der Waals surface area contributed by atoms with Crippen LogP contribution in [0.2, 0.25) is 0 Å². The fourth-order valence-electron chi connectivity index (χ4n) is 1.94. The van der Waals surface area contributed by atoms with E-state index in [1.165, 1.54) is 6.92 Å². The van der Waals surface area contributed by atoms with E-state index in [2.05, 4.69) is 0 Å². The Balaban J connectivity index is 2.65. The lowest BCUT2D eigenvalue weighted by Gasteiger charge is -2.23. The molecule has 0 aromatic carbocycles. The summed E-state index contributed by atoms with van der Waals surface area (Å²) >= 11 is 0. The summed E-state index contributed by atoms with van der Waals surface area (Å²) in [6, 6.07) is 0. The highest BCUT2D eigenvalue weighted by molar-refractivity contribution is 5.09. The van der Waals surface area contributed by atoms with Crippen molar-refractivity contribution in [2.24, 2.45) is 5.92 Å². The lowest BCUT2D eigenvalue weighted by molar-refractivity contribution is -0.214. The Morgan fingerprint density at radius 3 is 2.53 bits per heavy atom. The molecule has 1 N–H and O–H groups in total. The van der Waals surface area contributed by atoms with Gasteiger partial charge in [-0.15, -0.1) is 0 Å². The maximum atomic E-state index is 12.3. The normalized spacial score (nSPS) is 22.9. The summed E-state index contributed by atoms with van der Waals surface area (Å²) in [5.41, 5.74) is 0.761. The Morgan fingerprint density at radius 2 is 1.93 bits per heavy atom. The quantitative estimate of drug-likeness (QED) is 0.709. The lowest BCUT2D eigenvalue weighted by atomic mass is 9.91. The Hall–Kier alpha value is -0.510. The third kappa shape index (κ3) is 3.52. The summed E-state index contributed by atoms with van der Waals surface area (Å²) < 4.78 is 36.8. The molecule has 4 heteroatoms. The highest BCUT2D eigenvalue weighted by Gasteiger charge is 2.42. The smallest absolute Gasteiger partial charge is 0.383 e. The molecule has 0 amide bonds. The van der Waals surface area contributed by atoms with Crippen LogP contribution in [0, 0.1) is 5.92 Å². The number of hydrogen-bond acceptors (Lipinski definition) is 1. The fourth-order valence-corrected chi connectivity index (χ4v) is 1.94. The average Bonchev–Trinajstić information content (AvgIpc) is 2.42. The summed E-state index contributed by atoms with van der Waals surface area (Å²) in [5, 5.41) is 9.13. The number of aliphatic hydroxyl groups excluding tert-OH is 1. The van der Waals surface area contributed by atoms with Gasteiger partial charge in [-0.05, 0) is 25.7 Å². The van der Waals surface area contributed by atoms with Crippen molar-refractivity contribution in [1.82, 2.24) is 0 Å². The highest BCUT2D eigenvalue weighted by atomic mass is 19.4. The molecule has 0 radical (unpaired) electrons. The molecule has 1 aliphatic rings. The first-order valence-corrected chi connectivity index (χ1v) is 5.36. The van der Waals surface area contributed by atoms with Crippen molar-refractivity contribution in [3.8, 4) is 0 Å². The molecular formula is C11H17F3O. The molecule has 0 aromatic rings. The van der Waals surface area contributed by atoms with Crippen molar-refractivity contribution in [3.63, 3.8) is 0 Å². The number of alkyl halides is 3. The Labute approximate surface area is 88.0 Å². The van der Waals surface area contributed by atoms with E-state index < -0.39 is 18.2 Å². The molecule has 0 aliphatic heterocycles. The minimum absolute atomic E-state index is 0.689. The van der Waals surface area contributed by atoms with Crippen LogP contribution in [-0.2, 0) is 0 Å². The van der Waals surface area contributed by atoms with Crippen LogP contribution >= 0.6 is 0 Å². The van der Waals surface area contributed by atoms with Gasteiger partial charge in [0.05, 0.1) is 0 Å². The summed E-state index contributed by atoms with van der Waals surface area (Å²) in [4.78, 5) is 0. The molecule has 0 unspecified atom stereocenters. The van der Waals surface area contributed by atoms with Gasteiger partial charge in [0.1, 0.15) is 0 Å². The van der Waals surface area contributed by atoms with Crippen LogP contribution < -0.4 is 0 Å². The maximum absolute atomic E-state index is 12.3. The van der Waals surface area contributed by atoms with Gasteiger partial charge in [-0.3, -0.25) is 0 Å². The molecule has 0 heterocycles. The van der Waals surface area contributed by atoms with Gasteiger partial charge in [-0.25, -0.2) is 0 Å². The van der Waals surface area contributed by atoms with Gasteiger partial charge in [0.2, 0.25) is 0 Å². The number of halogens is 3. The van der Waals surface area contributed by atoms with Crippen LogP contribution in [0.15, 0.2) is 11.6 Å². The van der Waals surface area contributed by atoms with E-state index in [1.807, 2.05) is 6.08 Å². The van der Waals surface area contributed by atoms with Gasteiger partial charge >= 0.3 is 6.18 Å². The molecule has 15 heavy (non-hydrogen) atoms. The van der Waals surface area contributed by atoms with E-state index in [-0.39, 0.29) is 0 Å². The van der Waals surface area contributed by atoms with E-state index in [4.69, 9.17) is 5.11 Å². The van der Waals surface area contributed by atoms with E-state index in [0.29, 0.717) is 6.42 Å². The molecule has 1 aliphatic carbocycles. The number of hydrogen-bond donors (Lipinski definition) is 1. The lowest BCUT2D eigenvalue weighted by Crippen LogP contribution is -2.35. The summed E-state index contributed by atoms with van der Waals surface area (Å²) in [6.45, 7) is 1.45. The second-order valence-electron chi connectivity index (χ2n) is 4.15. The summed E-state index contributed by atoms with van der Waals surface area (Å²) in [7, 11) is 0. The Morgan fingerprint density at radius 1 is 1.27 bits per heavy atom. The zero-order valence-electron chi connectivity index (χ0n) is 8.85. The van der Waals surface area contributed by atoms with Crippen molar-refractivity contribution >= 4 is 0 Å². The van der Waals surface area contributed by atoms with Gasteiger partial charge in [-0.1, -0.05) is 25.0 Å². The zero-order valence-corrected chi connectivity index (χ0v) is 8.85. The van der Waals surface area contributed by atoms with Crippen molar-refractivity contribution < 1.29 is 18.3 Å². The molecule has 0 spiro atoms. The third-order valence-corrected chi connectivity index (χ3v) is 2.97. The zero-order chi connectivity index (χ0) is 11.5. The first kappa shape index (κ1) is 12.6. The highest BCUT2D eigenvalue weighted by Crippen LogP contribution is 2.32. The Kier molecular flexibility index (Phi) is 4.20. The van der Waals surface area contributed by atoms with Crippen LogP contribution in [-0.4, -0.2) is 17.4 Å². The fraction of sp³-hybridized carbons (Fsp3) is 0.818. The molecule has 1 nitrogen and oxygen atoms in total. The molecule has 1 rings (SSSR count). The van der Waals surface area contributed by atoms with Crippen LogP contribution in [0.4, 0.5) is 13.2 Å². The standard InChI is InChI=1S/C11H17F3O/c1-8(10(15)11(12,13)14)9-6-4-2-3-5-7-9/h6,8,10,15H,2-5,7H2,1H3/t8-,10-/m1/s1. The van der Waals surface area contributed by atoms with E-state index >= 15 is 0 Å². The molecule has 2 atom stereocenters. The molecule has 0 bridgehead atoms. The molecule has 0 fully saturated rings. The topological polar surface area (TPSA) is 20.2 Å². The van der Waals surface area contributed by atoms with E-state index in [1.54, 1.807) is 0 Å². The van der Waals surface area contributed by atoms with Gasteiger partial charge in [-0.2, -0.15) is 13.2 Å². The molecule has 0 saturated carbocycles. The van der Waals surface area contributed by atoms with Crippen molar-refractivity contribution in [3.05, 3.63) is 11.6 Å². The number of allylic oxidation sites excluding steroid dienone is 1. The molecular weight excluding hydrogens is 205 g/mol. The number of aliphatic hydroxyl groups is 1. The van der Waals surface area contributed by atoms with Crippen molar-refractivity contribution in [1.29, 1.82) is 0 Å². The van der Waals surface area contributed by atoms with Gasteiger partial charge in [0, 0.05) is 5.92 Å². The van der Waals surface area contributed by atoms with Crippen LogP contribution in [0.1, 0.15) is 39.0 Å². The van der Waals surface area contributed by atoms with Crippen LogP contribution in [0.25, 0.3) is 0 Å². The molecule has 0 saturated heterocycles. The van der Waals surface area contributed by atoms with Crippen molar-refractivity contribution in [2.75, 3.05) is 0 Å². The molecule has 0 aromatic heterocycles. The molecule has 88 valence electrons. The maximum Gasteiger partial charge on any atom is 0.414 e. The minimum atomic E-state index is -4.51. The largest absolute Gasteiger partial charge is 0.414 e. The predicted molar refractivity (Wildman–Crippen MR) is 52.4 cm³/mol. The first-order chi connectivity index (χ1) is 6.93. The van der Waals surface area contributed by atoms with E-state index in [0.717, 1.165) is 31.3 Å². The minimum Gasteiger partial charge on any atom is -0.383 e. The van der Waals surface area contributed by atoms with Crippen LogP contribution in [0.3, 0.4) is 0 Å². The second-order valence-corrected chi connectivity index (χ2v) is 4.15. The second kappa shape index (κ2) is 5.01. The van der Waals surface area contributed by atoms with Gasteiger partial charge < -0.3 is 5.11 Å². The number of rotatable bonds is 2. The SMILES string of the molecule is C[C@H](C1=CCCCCC1)[C@@H](O)C(F)(F)F. The predicted octanol–water partition coefficient (Wildman–Crippen LogP) is 3.44. The van der Waals surface area contributed by atoms with Gasteiger partial charge in [0.25, 0.3) is 0 Å². The average molecular weight is 222 g/mol. The first-order valence-electron chi connectivity index (χ1n) is 5.36. The Bertz CT molecular complexity index is 232. The van der Waals surface area contributed by atoms with E-state index in [9.17, 15) is 13.2 Å². The monoisotopic (exact) mass is 222 g/mol. The van der Waals surface area contributed by atoms with Crippen molar-refractivity contribution in [2.45, 2.75) is 51.3 Å². The van der Waals surface area contributed by atoms with Crippen LogP contribution in [0.5, 0.6) is 0 Å². The summed E-state index contributed by atoms with van der Waals surface area (Å²) in [5.74, 6) is -0.803. The van der Waals surface area contributed by atoms with Gasteiger partial charge in [0.15, 0.2) is 6.10 Å². The summed E-state index contributed by atoms with van der Waals surface area (Å²) in [6.07, 6.45) is -0.298.